The minimum absolute atomic E-state index is 0.293. The van der Waals surface area contributed by atoms with E-state index in [1.54, 1.807) is 31.3 Å². The number of benzene rings is 1. The van der Waals surface area contributed by atoms with Crippen LogP contribution in [0.5, 0.6) is 0 Å². The largest absolute Gasteiger partial charge is 0.428 e. The van der Waals surface area contributed by atoms with E-state index in [-0.39, 0.29) is 0 Å². The Balaban J connectivity index is 2.43. The van der Waals surface area contributed by atoms with Gasteiger partial charge < -0.3 is 9.73 Å². The van der Waals surface area contributed by atoms with Crippen LogP contribution >= 0.6 is 0 Å². The molecule has 0 spiro atoms. The Hall–Kier alpha value is -1.82. The maximum absolute atomic E-state index is 11.4. The first-order valence-corrected chi connectivity index (χ1v) is 7.26. The average molecular weight is 266 g/mol. The van der Waals surface area contributed by atoms with Crippen molar-refractivity contribution in [2.75, 3.05) is 18.6 Å². The second kappa shape index (κ2) is 4.45. The topological polar surface area (TPSA) is 72.2 Å². The summed E-state index contributed by atoms with van der Waals surface area (Å²) in [4.78, 5) is 4.56. The Morgan fingerprint density at radius 2 is 1.83 bits per heavy atom. The predicted octanol–water partition coefficient (Wildman–Crippen LogP) is 2.10. The van der Waals surface area contributed by atoms with Crippen LogP contribution in [0, 0.1) is 6.92 Å². The first kappa shape index (κ1) is 12.6. The van der Waals surface area contributed by atoms with Crippen molar-refractivity contribution in [2.45, 2.75) is 11.8 Å². The van der Waals surface area contributed by atoms with Crippen LogP contribution < -0.4 is 5.32 Å². The number of nitrogens with one attached hydrogen (secondary N) is 1. The van der Waals surface area contributed by atoms with Gasteiger partial charge in [0.15, 0.2) is 9.84 Å². The summed E-state index contributed by atoms with van der Waals surface area (Å²) < 4.78 is 28.1. The van der Waals surface area contributed by atoms with Crippen molar-refractivity contribution < 1.29 is 12.8 Å². The molecule has 96 valence electrons. The molecule has 1 heterocycles. The third-order valence-electron chi connectivity index (χ3n) is 2.57. The molecule has 0 atom stereocenters. The SMILES string of the molecule is CNc1nc(-c2ccc(S(C)(=O)=O)cc2)c(C)o1. The Morgan fingerprint density at radius 1 is 1.22 bits per heavy atom. The van der Waals surface area contributed by atoms with Gasteiger partial charge in [-0.3, -0.25) is 0 Å². The van der Waals surface area contributed by atoms with Gasteiger partial charge in [0.1, 0.15) is 11.5 Å². The summed E-state index contributed by atoms with van der Waals surface area (Å²) in [6.45, 7) is 1.81. The Morgan fingerprint density at radius 3 is 2.28 bits per heavy atom. The van der Waals surface area contributed by atoms with Crippen LogP contribution in [-0.2, 0) is 9.84 Å². The van der Waals surface area contributed by atoms with E-state index in [2.05, 4.69) is 10.3 Å². The highest BCUT2D eigenvalue weighted by Crippen LogP contribution is 2.26. The Kier molecular flexibility index (Phi) is 3.13. The van der Waals surface area contributed by atoms with Crippen molar-refractivity contribution in [3.63, 3.8) is 0 Å². The molecule has 1 aromatic heterocycles. The van der Waals surface area contributed by atoms with Crippen LogP contribution in [0.15, 0.2) is 33.6 Å². The summed E-state index contributed by atoms with van der Waals surface area (Å²) in [5, 5.41) is 2.82. The van der Waals surface area contributed by atoms with Crippen molar-refractivity contribution >= 4 is 15.9 Å². The standard InChI is InChI=1S/C12H14N2O3S/c1-8-11(14-12(13-2)17-8)9-4-6-10(7-5-9)18(3,15)16/h4-7H,1-3H3,(H,13,14). The second-order valence-electron chi connectivity index (χ2n) is 3.97. The third kappa shape index (κ3) is 2.38. The monoisotopic (exact) mass is 266 g/mol. The van der Waals surface area contributed by atoms with Gasteiger partial charge in [-0.25, -0.2) is 8.42 Å². The normalized spacial score (nSPS) is 11.5. The number of oxazole rings is 1. The van der Waals surface area contributed by atoms with Crippen LogP contribution in [0.3, 0.4) is 0 Å². The average Bonchev–Trinajstić information content (AvgIpc) is 2.70. The van der Waals surface area contributed by atoms with Gasteiger partial charge in [-0.15, -0.1) is 0 Å². The predicted molar refractivity (Wildman–Crippen MR) is 69.3 cm³/mol. The van der Waals surface area contributed by atoms with E-state index in [1.807, 2.05) is 6.92 Å². The number of hydrogen-bond acceptors (Lipinski definition) is 5. The van der Waals surface area contributed by atoms with Gasteiger partial charge >= 0.3 is 0 Å². The molecule has 2 aromatic rings. The summed E-state index contributed by atoms with van der Waals surface area (Å²) in [5.41, 5.74) is 1.53. The number of anilines is 1. The van der Waals surface area contributed by atoms with Crippen molar-refractivity contribution in [1.82, 2.24) is 4.98 Å². The molecule has 2 rings (SSSR count). The van der Waals surface area contributed by atoms with Gasteiger partial charge in [0.2, 0.25) is 0 Å². The van der Waals surface area contributed by atoms with E-state index in [9.17, 15) is 8.42 Å². The zero-order valence-corrected chi connectivity index (χ0v) is 11.2. The zero-order valence-electron chi connectivity index (χ0n) is 10.4. The molecule has 0 aliphatic heterocycles. The number of rotatable bonds is 3. The summed E-state index contributed by atoms with van der Waals surface area (Å²) in [7, 11) is -1.44. The van der Waals surface area contributed by atoms with Crippen molar-refractivity contribution in [2.24, 2.45) is 0 Å². The molecule has 1 aromatic carbocycles. The molecule has 0 aliphatic rings. The van der Waals surface area contributed by atoms with Crippen molar-refractivity contribution in [1.29, 1.82) is 0 Å². The van der Waals surface area contributed by atoms with Gasteiger partial charge in [0.25, 0.3) is 6.01 Å². The van der Waals surface area contributed by atoms with Crippen LogP contribution in [0.25, 0.3) is 11.3 Å². The van der Waals surface area contributed by atoms with Crippen molar-refractivity contribution in [3.05, 3.63) is 30.0 Å². The molecule has 18 heavy (non-hydrogen) atoms. The highest BCUT2D eigenvalue weighted by Gasteiger charge is 2.12. The van der Waals surface area contributed by atoms with E-state index in [1.165, 1.54) is 6.26 Å². The van der Waals surface area contributed by atoms with Crippen LogP contribution in [0.4, 0.5) is 6.01 Å². The summed E-state index contributed by atoms with van der Waals surface area (Å²) in [6.07, 6.45) is 1.18. The maximum Gasteiger partial charge on any atom is 0.295 e. The first-order valence-electron chi connectivity index (χ1n) is 5.37. The molecule has 1 N–H and O–H groups in total. The molecule has 5 nitrogen and oxygen atoms in total. The molecule has 0 unspecified atom stereocenters. The van der Waals surface area contributed by atoms with Crippen LogP contribution in [-0.4, -0.2) is 26.7 Å². The van der Waals surface area contributed by atoms with E-state index >= 15 is 0 Å². The number of sulfone groups is 1. The van der Waals surface area contributed by atoms with Crippen LogP contribution in [0.2, 0.25) is 0 Å². The highest BCUT2D eigenvalue weighted by molar-refractivity contribution is 7.90. The molecule has 0 saturated carbocycles. The molecular weight excluding hydrogens is 252 g/mol. The molecule has 0 saturated heterocycles. The van der Waals surface area contributed by atoms with Gasteiger partial charge in [0.05, 0.1) is 4.90 Å². The molecule has 0 radical (unpaired) electrons. The molecule has 0 fully saturated rings. The van der Waals surface area contributed by atoms with E-state index in [0.717, 1.165) is 5.56 Å². The summed E-state index contributed by atoms with van der Waals surface area (Å²) in [6, 6.07) is 7.02. The smallest absolute Gasteiger partial charge is 0.295 e. The van der Waals surface area contributed by atoms with Gasteiger partial charge in [-0.1, -0.05) is 12.1 Å². The van der Waals surface area contributed by atoms with E-state index in [4.69, 9.17) is 4.42 Å². The van der Waals surface area contributed by atoms with Gasteiger partial charge in [0, 0.05) is 18.9 Å². The Bertz CT molecular complexity index is 657. The number of aryl methyl sites for hydroxylation is 1. The lowest BCUT2D eigenvalue weighted by molar-refractivity contribution is 0.544. The summed E-state index contributed by atoms with van der Waals surface area (Å²) in [5.74, 6) is 0.687. The molecular formula is C12H14N2O3S. The molecule has 0 amide bonds. The Labute approximate surface area is 106 Å². The van der Waals surface area contributed by atoms with Crippen LogP contribution in [0.1, 0.15) is 5.76 Å². The van der Waals surface area contributed by atoms with Gasteiger partial charge in [-0.05, 0) is 19.1 Å². The number of aromatic nitrogens is 1. The molecule has 6 heteroatoms. The lowest BCUT2D eigenvalue weighted by Gasteiger charge is -2.00. The number of hydrogen-bond donors (Lipinski definition) is 1. The fraction of sp³-hybridized carbons (Fsp3) is 0.250. The minimum Gasteiger partial charge on any atom is -0.428 e. The first-order chi connectivity index (χ1) is 8.41. The fourth-order valence-corrected chi connectivity index (χ4v) is 2.26. The fourth-order valence-electron chi connectivity index (χ4n) is 1.63. The van der Waals surface area contributed by atoms with Crippen molar-refractivity contribution in [3.8, 4) is 11.3 Å². The van der Waals surface area contributed by atoms with Gasteiger partial charge in [-0.2, -0.15) is 4.98 Å². The van der Waals surface area contributed by atoms with E-state index < -0.39 is 9.84 Å². The summed E-state index contributed by atoms with van der Waals surface area (Å²) >= 11 is 0. The third-order valence-corrected chi connectivity index (χ3v) is 3.69. The lowest BCUT2D eigenvalue weighted by Crippen LogP contribution is -1.96. The molecule has 0 aliphatic carbocycles. The van der Waals surface area contributed by atoms with E-state index in [0.29, 0.717) is 22.4 Å². The molecule has 0 bridgehead atoms. The quantitative estimate of drug-likeness (QED) is 0.921. The lowest BCUT2D eigenvalue weighted by atomic mass is 10.1. The minimum atomic E-state index is -3.17. The number of nitrogens with zero attached hydrogens (tertiary/aromatic N) is 1. The second-order valence-corrected chi connectivity index (χ2v) is 5.99. The maximum atomic E-state index is 11.4. The highest BCUT2D eigenvalue weighted by atomic mass is 32.2. The zero-order chi connectivity index (χ0) is 13.3.